The maximum atomic E-state index is 12.3. The van der Waals surface area contributed by atoms with Crippen molar-refractivity contribution in [3.05, 3.63) is 39.3 Å². The Hall–Kier alpha value is -1.64. The molecule has 1 aliphatic heterocycles. The van der Waals surface area contributed by atoms with Gasteiger partial charge in [0.05, 0.1) is 11.2 Å². The highest BCUT2D eigenvalue weighted by atomic mass is 16.1. The Kier molecular flexibility index (Phi) is 3.51. The molecule has 1 N–H and O–H groups in total. The number of aliphatic imine (C=N–C) groups is 1. The molecule has 0 saturated heterocycles. The third kappa shape index (κ3) is 2.87. The minimum absolute atomic E-state index is 0.00912. The minimum atomic E-state index is -0.287. The van der Waals surface area contributed by atoms with Crippen LogP contribution in [0.3, 0.4) is 0 Å². The summed E-state index contributed by atoms with van der Waals surface area (Å²) >= 11 is 0. The molecular formula is C18H26N2O. The van der Waals surface area contributed by atoms with Crippen LogP contribution < -0.4 is 5.56 Å². The maximum absolute atomic E-state index is 12.3. The summed E-state index contributed by atoms with van der Waals surface area (Å²) in [6.07, 6.45) is 6.02. The predicted molar refractivity (Wildman–Crippen MR) is 90.3 cm³/mol. The SMILES string of the molecule is CC(C)(C)c1cc2c([nH]c1=O)C=NC(C)(C(C)(C)C)C=C2. The number of aromatic nitrogens is 1. The fourth-order valence-electron chi connectivity index (χ4n) is 2.30. The first-order chi connectivity index (χ1) is 9.44. The Labute approximate surface area is 127 Å². The van der Waals surface area contributed by atoms with E-state index in [1.807, 2.05) is 6.07 Å². The van der Waals surface area contributed by atoms with Crippen molar-refractivity contribution >= 4 is 12.3 Å². The molecule has 0 spiro atoms. The van der Waals surface area contributed by atoms with Crippen molar-refractivity contribution in [3.8, 4) is 0 Å². The van der Waals surface area contributed by atoms with Gasteiger partial charge < -0.3 is 4.98 Å². The van der Waals surface area contributed by atoms with Crippen molar-refractivity contribution < 1.29 is 0 Å². The second-order valence-electron chi connectivity index (χ2n) is 8.12. The van der Waals surface area contributed by atoms with E-state index < -0.39 is 0 Å². The Morgan fingerprint density at radius 2 is 1.76 bits per heavy atom. The molecule has 1 unspecified atom stereocenters. The molecule has 114 valence electrons. The van der Waals surface area contributed by atoms with Gasteiger partial charge in [0.1, 0.15) is 0 Å². The lowest BCUT2D eigenvalue weighted by molar-refractivity contribution is 0.267. The molecule has 0 amide bonds. The van der Waals surface area contributed by atoms with E-state index in [0.29, 0.717) is 0 Å². The lowest BCUT2D eigenvalue weighted by atomic mass is 9.75. The standard InChI is InChI=1S/C18H26N2O/c1-16(2,3)13-10-12-8-9-18(7,17(4,5)6)19-11-14(12)20-15(13)21/h8-11H,1-7H3,(H,20,21). The van der Waals surface area contributed by atoms with E-state index >= 15 is 0 Å². The maximum Gasteiger partial charge on any atom is 0.252 e. The number of hydrogen-bond donors (Lipinski definition) is 1. The van der Waals surface area contributed by atoms with Crippen LogP contribution in [0.25, 0.3) is 6.08 Å². The van der Waals surface area contributed by atoms with Gasteiger partial charge in [-0.15, -0.1) is 0 Å². The summed E-state index contributed by atoms with van der Waals surface area (Å²) in [4.78, 5) is 20.0. The van der Waals surface area contributed by atoms with Gasteiger partial charge in [0, 0.05) is 11.8 Å². The highest BCUT2D eigenvalue weighted by Gasteiger charge is 2.35. The molecule has 1 aromatic rings. The summed E-state index contributed by atoms with van der Waals surface area (Å²) in [6.45, 7) is 14.8. The second kappa shape index (κ2) is 4.69. The highest BCUT2D eigenvalue weighted by molar-refractivity contribution is 5.85. The monoisotopic (exact) mass is 286 g/mol. The van der Waals surface area contributed by atoms with Crippen molar-refractivity contribution in [2.45, 2.75) is 59.4 Å². The number of H-pyrrole nitrogens is 1. The Bertz CT molecular complexity index is 666. The third-order valence-electron chi connectivity index (χ3n) is 4.48. The average Bonchev–Trinajstić information content (AvgIpc) is 2.47. The number of rotatable bonds is 0. The molecule has 2 heterocycles. The normalized spacial score (nSPS) is 22.0. The van der Waals surface area contributed by atoms with Crippen molar-refractivity contribution in [1.29, 1.82) is 0 Å². The van der Waals surface area contributed by atoms with Crippen LogP contribution in [0.1, 0.15) is 65.3 Å². The van der Waals surface area contributed by atoms with Crippen molar-refractivity contribution in [2.75, 3.05) is 0 Å². The highest BCUT2D eigenvalue weighted by Crippen LogP contribution is 2.36. The number of hydrogen-bond acceptors (Lipinski definition) is 2. The molecular weight excluding hydrogens is 260 g/mol. The molecule has 3 heteroatoms. The van der Waals surface area contributed by atoms with Gasteiger partial charge in [-0.05, 0) is 29.4 Å². The molecule has 0 fully saturated rings. The first-order valence-corrected chi connectivity index (χ1v) is 7.46. The fraction of sp³-hybridized carbons (Fsp3) is 0.556. The van der Waals surface area contributed by atoms with E-state index in [-0.39, 0.29) is 21.9 Å². The van der Waals surface area contributed by atoms with Crippen LogP contribution in [0.2, 0.25) is 0 Å². The topological polar surface area (TPSA) is 45.2 Å². The largest absolute Gasteiger partial charge is 0.320 e. The van der Waals surface area contributed by atoms with E-state index in [0.717, 1.165) is 16.8 Å². The van der Waals surface area contributed by atoms with E-state index in [4.69, 9.17) is 4.99 Å². The van der Waals surface area contributed by atoms with Crippen LogP contribution in [-0.2, 0) is 5.41 Å². The minimum Gasteiger partial charge on any atom is -0.320 e. The van der Waals surface area contributed by atoms with Gasteiger partial charge >= 0.3 is 0 Å². The number of nitrogens with one attached hydrogen (secondary N) is 1. The van der Waals surface area contributed by atoms with Gasteiger partial charge in [-0.3, -0.25) is 9.79 Å². The Balaban J connectivity index is 2.60. The number of pyridine rings is 1. The molecule has 0 aromatic carbocycles. The average molecular weight is 286 g/mol. The Morgan fingerprint density at radius 3 is 2.29 bits per heavy atom. The van der Waals surface area contributed by atoms with E-state index in [1.54, 1.807) is 6.21 Å². The molecule has 21 heavy (non-hydrogen) atoms. The molecule has 0 saturated carbocycles. The summed E-state index contributed by atoms with van der Waals surface area (Å²) in [7, 11) is 0. The predicted octanol–water partition coefficient (Wildman–Crippen LogP) is 3.92. The zero-order chi connectivity index (χ0) is 16.1. The first kappa shape index (κ1) is 15.7. The molecule has 1 aromatic heterocycles. The second-order valence-corrected chi connectivity index (χ2v) is 8.12. The molecule has 0 radical (unpaired) electrons. The van der Waals surface area contributed by atoms with Gasteiger partial charge in [0.15, 0.2) is 0 Å². The van der Waals surface area contributed by atoms with Crippen LogP contribution in [0.4, 0.5) is 0 Å². The van der Waals surface area contributed by atoms with Crippen LogP contribution in [0.5, 0.6) is 0 Å². The zero-order valence-corrected chi connectivity index (χ0v) is 14.2. The molecule has 3 nitrogen and oxygen atoms in total. The van der Waals surface area contributed by atoms with E-state index in [9.17, 15) is 4.79 Å². The van der Waals surface area contributed by atoms with Gasteiger partial charge in [0.2, 0.25) is 0 Å². The summed E-state index contributed by atoms with van der Waals surface area (Å²) in [6, 6.07) is 1.99. The number of nitrogens with zero attached hydrogens (tertiary/aromatic N) is 1. The third-order valence-corrected chi connectivity index (χ3v) is 4.48. The van der Waals surface area contributed by atoms with Gasteiger partial charge in [-0.1, -0.05) is 53.7 Å². The number of fused-ring (bicyclic) bond motifs is 1. The lowest BCUT2D eigenvalue weighted by Crippen LogP contribution is -2.35. The summed E-state index contributed by atoms with van der Waals surface area (Å²) in [5.74, 6) is 0. The van der Waals surface area contributed by atoms with Crippen molar-refractivity contribution in [3.63, 3.8) is 0 Å². The van der Waals surface area contributed by atoms with E-state index in [2.05, 4.69) is 65.6 Å². The number of aromatic amines is 1. The van der Waals surface area contributed by atoms with Gasteiger partial charge in [-0.25, -0.2) is 0 Å². The summed E-state index contributed by atoms with van der Waals surface area (Å²) in [5, 5.41) is 0. The van der Waals surface area contributed by atoms with Crippen molar-refractivity contribution in [2.24, 2.45) is 10.4 Å². The molecule has 2 rings (SSSR count). The summed E-state index contributed by atoms with van der Waals surface area (Å²) in [5.41, 5.74) is 2.14. The van der Waals surface area contributed by atoms with Gasteiger partial charge in [-0.2, -0.15) is 0 Å². The van der Waals surface area contributed by atoms with E-state index in [1.165, 1.54) is 0 Å². The fourth-order valence-corrected chi connectivity index (χ4v) is 2.30. The van der Waals surface area contributed by atoms with Gasteiger partial charge in [0.25, 0.3) is 5.56 Å². The van der Waals surface area contributed by atoms with Crippen LogP contribution >= 0.6 is 0 Å². The quantitative estimate of drug-likeness (QED) is 0.772. The molecule has 1 atom stereocenters. The molecule has 0 bridgehead atoms. The first-order valence-electron chi connectivity index (χ1n) is 7.46. The lowest BCUT2D eigenvalue weighted by Gasteiger charge is -2.35. The molecule has 1 aliphatic rings. The Morgan fingerprint density at radius 1 is 1.14 bits per heavy atom. The molecule has 0 aliphatic carbocycles. The van der Waals surface area contributed by atoms with Crippen LogP contribution in [0, 0.1) is 5.41 Å². The zero-order valence-electron chi connectivity index (χ0n) is 14.2. The van der Waals surface area contributed by atoms with Crippen LogP contribution in [0.15, 0.2) is 21.9 Å². The summed E-state index contributed by atoms with van der Waals surface area (Å²) < 4.78 is 0. The van der Waals surface area contributed by atoms with Crippen LogP contribution in [-0.4, -0.2) is 16.7 Å². The van der Waals surface area contributed by atoms with Crippen molar-refractivity contribution in [1.82, 2.24) is 4.98 Å². The smallest absolute Gasteiger partial charge is 0.252 e.